The Morgan fingerprint density at radius 2 is 1.93 bits per heavy atom. The zero-order valence-electron chi connectivity index (χ0n) is 15.8. The number of ether oxygens (including phenoxy) is 1. The number of nitrogens with zero attached hydrogens (tertiary/aromatic N) is 1. The summed E-state index contributed by atoms with van der Waals surface area (Å²) in [5.41, 5.74) is 9.46. The summed E-state index contributed by atoms with van der Waals surface area (Å²) in [7, 11) is 1.68. The molecule has 2 saturated heterocycles. The first-order valence-electron chi connectivity index (χ1n) is 9.75. The second kappa shape index (κ2) is 8.11. The minimum absolute atomic E-state index is 0.112. The van der Waals surface area contributed by atoms with Gasteiger partial charge in [-0.15, -0.1) is 0 Å². The third-order valence-electron chi connectivity index (χ3n) is 5.69. The van der Waals surface area contributed by atoms with Crippen LogP contribution < -0.4 is 15.6 Å². The van der Waals surface area contributed by atoms with Crippen molar-refractivity contribution in [1.29, 1.82) is 0 Å². The van der Waals surface area contributed by atoms with Gasteiger partial charge in [0.2, 0.25) is 0 Å². The first-order chi connectivity index (χ1) is 13.3. The zero-order valence-corrected chi connectivity index (χ0v) is 15.8. The van der Waals surface area contributed by atoms with Gasteiger partial charge < -0.3 is 9.64 Å². The van der Waals surface area contributed by atoms with Crippen LogP contribution in [0.1, 0.15) is 40.2 Å². The Kier molecular flexibility index (Phi) is 5.41. The summed E-state index contributed by atoms with van der Waals surface area (Å²) in [6.07, 6.45) is 3.05. The number of rotatable bonds is 5. The van der Waals surface area contributed by atoms with E-state index in [9.17, 15) is 4.79 Å². The van der Waals surface area contributed by atoms with Crippen LogP contribution in [0.3, 0.4) is 0 Å². The second-order valence-corrected chi connectivity index (χ2v) is 7.40. The lowest BCUT2D eigenvalue weighted by Crippen LogP contribution is -2.36. The predicted octanol–water partition coefficient (Wildman–Crippen LogP) is 2.73. The molecule has 2 N–H and O–H groups in total. The highest BCUT2D eigenvalue weighted by Gasteiger charge is 2.30. The highest BCUT2D eigenvalue weighted by Crippen LogP contribution is 2.30. The van der Waals surface area contributed by atoms with E-state index in [2.05, 4.69) is 35.1 Å². The van der Waals surface area contributed by atoms with Gasteiger partial charge in [0.15, 0.2) is 0 Å². The lowest BCUT2D eigenvalue weighted by molar-refractivity contribution is 0.0736. The molecule has 2 aromatic carbocycles. The first-order valence-corrected chi connectivity index (χ1v) is 9.75. The molecule has 5 heteroatoms. The number of benzene rings is 2. The normalized spacial score (nSPS) is 20.2. The van der Waals surface area contributed by atoms with E-state index < -0.39 is 0 Å². The molecule has 0 aromatic heterocycles. The number of hydrazine groups is 1. The molecular weight excluding hydrogens is 338 g/mol. The second-order valence-electron chi connectivity index (χ2n) is 7.40. The van der Waals surface area contributed by atoms with Gasteiger partial charge in [-0.3, -0.25) is 15.6 Å². The molecule has 0 bridgehead atoms. The van der Waals surface area contributed by atoms with Crippen LogP contribution in [0, 0.1) is 0 Å². The summed E-state index contributed by atoms with van der Waals surface area (Å²) in [5.74, 6) is 1.28. The molecule has 2 fully saturated rings. The van der Waals surface area contributed by atoms with Crippen LogP contribution in [0.15, 0.2) is 48.5 Å². The van der Waals surface area contributed by atoms with Crippen molar-refractivity contribution < 1.29 is 9.53 Å². The van der Waals surface area contributed by atoms with Gasteiger partial charge in [0.1, 0.15) is 5.75 Å². The minimum atomic E-state index is 0.112. The molecule has 0 spiro atoms. The number of carbonyl (C=O) groups is 1. The number of nitrogens with one attached hydrogen (secondary N) is 2. The van der Waals surface area contributed by atoms with E-state index in [1.165, 1.54) is 5.56 Å². The molecule has 142 valence electrons. The van der Waals surface area contributed by atoms with Crippen molar-refractivity contribution in [3.05, 3.63) is 65.2 Å². The van der Waals surface area contributed by atoms with E-state index in [1.54, 1.807) is 7.11 Å². The lowest BCUT2D eigenvalue weighted by Gasteiger charge is -2.25. The predicted molar refractivity (Wildman–Crippen MR) is 106 cm³/mol. The molecule has 0 aliphatic carbocycles. The minimum Gasteiger partial charge on any atom is -0.496 e. The molecular formula is C22H27N3O2. The molecule has 2 aliphatic heterocycles. The van der Waals surface area contributed by atoms with E-state index in [0.717, 1.165) is 55.8 Å². The Morgan fingerprint density at radius 1 is 1.15 bits per heavy atom. The van der Waals surface area contributed by atoms with Gasteiger partial charge in [0, 0.05) is 37.2 Å². The van der Waals surface area contributed by atoms with Crippen LogP contribution in [0.25, 0.3) is 0 Å². The van der Waals surface area contributed by atoms with Crippen LogP contribution in [-0.2, 0) is 6.42 Å². The quantitative estimate of drug-likeness (QED) is 0.856. The molecule has 1 atom stereocenters. The summed E-state index contributed by atoms with van der Waals surface area (Å²) < 4.78 is 5.61. The first kappa shape index (κ1) is 18.0. The van der Waals surface area contributed by atoms with Gasteiger partial charge in [-0.25, -0.2) is 0 Å². The van der Waals surface area contributed by atoms with Gasteiger partial charge in [0.05, 0.1) is 7.11 Å². The van der Waals surface area contributed by atoms with Crippen molar-refractivity contribution in [3.8, 4) is 5.75 Å². The van der Waals surface area contributed by atoms with E-state index >= 15 is 0 Å². The Balaban J connectivity index is 1.52. The maximum atomic E-state index is 13.2. The maximum Gasteiger partial charge on any atom is 0.254 e. The highest BCUT2D eigenvalue weighted by molar-refractivity contribution is 5.95. The summed E-state index contributed by atoms with van der Waals surface area (Å²) in [5, 5.41) is 0. The SMILES string of the molecule is COc1cc(C(=O)N2CCCC2Cc2ccccc2)ccc1C1CNNC1. The largest absolute Gasteiger partial charge is 0.496 e. The zero-order chi connectivity index (χ0) is 18.6. The third-order valence-corrected chi connectivity index (χ3v) is 5.69. The van der Waals surface area contributed by atoms with Crippen molar-refractivity contribution in [3.63, 3.8) is 0 Å². The van der Waals surface area contributed by atoms with Crippen molar-refractivity contribution in [2.45, 2.75) is 31.2 Å². The third kappa shape index (κ3) is 3.84. The molecule has 1 amide bonds. The van der Waals surface area contributed by atoms with Crippen LogP contribution in [0.5, 0.6) is 5.75 Å². The molecule has 0 radical (unpaired) electrons. The maximum absolute atomic E-state index is 13.2. The fourth-order valence-electron chi connectivity index (χ4n) is 4.23. The average molecular weight is 365 g/mol. The van der Waals surface area contributed by atoms with Gasteiger partial charge >= 0.3 is 0 Å². The fraction of sp³-hybridized carbons (Fsp3) is 0.409. The highest BCUT2D eigenvalue weighted by atomic mass is 16.5. The van der Waals surface area contributed by atoms with E-state index in [-0.39, 0.29) is 11.9 Å². The molecule has 0 saturated carbocycles. The van der Waals surface area contributed by atoms with Gasteiger partial charge in [0.25, 0.3) is 5.91 Å². The topological polar surface area (TPSA) is 53.6 Å². The lowest BCUT2D eigenvalue weighted by atomic mass is 9.97. The van der Waals surface area contributed by atoms with Crippen molar-refractivity contribution in [1.82, 2.24) is 15.8 Å². The molecule has 4 rings (SSSR count). The van der Waals surface area contributed by atoms with E-state index in [0.29, 0.717) is 5.92 Å². The molecule has 2 aliphatic rings. The molecule has 27 heavy (non-hydrogen) atoms. The van der Waals surface area contributed by atoms with E-state index in [4.69, 9.17) is 4.74 Å². The summed E-state index contributed by atoms with van der Waals surface area (Å²) in [4.78, 5) is 15.2. The molecule has 2 heterocycles. The number of methoxy groups -OCH3 is 1. The number of hydrogen-bond donors (Lipinski definition) is 2. The summed E-state index contributed by atoms with van der Waals surface area (Å²) in [6.45, 7) is 2.57. The van der Waals surface area contributed by atoms with Crippen molar-refractivity contribution >= 4 is 5.91 Å². The average Bonchev–Trinajstić information content (AvgIpc) is 3.40. The Labute approximate surface area is 160 Å². The van der Waals surface area contributed by atoms with Crippen molar-refractivity contribution in [2.24, 2.45) is 0 Å². The number of hydrogen-bond acceptors (Lipinski definition) is 4. The van der Waals surface area contributed by atoms with Crippen LogP contribution in [0.4, 0.5) is 0 Å². The molecule has 1 unspecified atom stereocenters. The molecule has 5 nitrogen and oxygen atoms in total. The number of carbonyl (C=O) groups excluding carboxylic acids is 1. The summed E-state index contributed by atoms with van der Waals surface area (Å²) >= 11 is 0. The van der Waals surface area contributed by atoms with Gasteiger partial charge in [-0.05, 0) is 42.5 Å². The van der Waals surface area contributed by atoms with Crippen LogP contribution >= 0.6 is 0 Å². The fourth-order valence-corrected chi connectivity index (χ4v) is 4.23. The van der Waals surface area contributed by atoms with Gasteiger partial charge in [-0.2, -0.15) is 0 Å². The van der Waals surface area contributed by atoms with Crippen LogP contribution in [-0.4, -0.2) is 43.6 Å². The van der Waals surface area contributed by atoms with Crippen LogP contribution in [0.2, 0.25) is 0 Å². The Morgan fingerprint density at radius 3 is 2.67 bits per heavy atom. The number of likely N-dealkylation sites (tertiary alicyclic amines) is 1. The van der Waals surface area contributed by atoms with Crippen molar-refractivity contribution in [2.75, 3.05) is 26.7 Å². The van der Waals surface area contributed by atoms with Gasteiger partial charge in [-0.1, -0.05) is 36.4 Å². The standard InChI is InChI=1S/C22H27N3O2/c1-27-21-13-17(9-10-20(21)18-14-23-24-15-18)22(26)25-11-5-8-19(25)12-16-6-3-2-4-7-16/h2-4,6-7,9-10,13,18-19,23-24H,5,8,11-12,14-15H2,1H3. The number of amides is 1. The monoisotopic (exact) mass is 365 g/mol. The Hall–Kier alpha value is -2.37. The smallest absolute Gasteiger partial charge is 0.254 e. The molecule has 2 aromatic rings. The Bertz CT molecular complexity index is 787. The summed E-state index contributed by atoms with van der Waals surface area (Å²) in [6, 6.07) is 16.6. The van der Waals surface area contributed by atoms with E-state index in [1.807, 2.05) is 29.2 Å².